The highest BCUT2D eigenvalue weighted by Crippen LogP contribution is 2.25. The molecule has 0 aromatic heterocycles. The summed E-state index contributed by atoms with van der Waals surface area (Å²) in [5.74, 6) is 0.163. The molecule has 2 rings (SSSR count). The van der Waals surface area contributed by atoms with Crippen molar-refractivity contribution in [3.63, 3.8) is 0 Å². The van der Waals surface area contributed by atoms with E-state index in [0.29, 0.717) is 29.1 Å². The molecule has 1 atom stereocenters. The number of nitrogens with two attached hydrogens (primary N) is 1. The largest absolute Gasteiger partial charge is 0.497 e. The van der Waals surface area contributed by atoms with Crippen LogP contribution in [0.5, 0.6) is 5.75 Å². The first-order chi connectivity index (χ1) is 12.3. The molecule has 0 saturated carbocycles. The predicted octanol–water partition coefficient (Wildman–Crippen LogP) is 2.61. The van der Waals surface area contributed by atoms with Gasteiger partial charge >= 0.3 is 0 Å². The minimum absolute atomic E-state index is 0.107. The van der Waals surface area contributed by atoms with Gasteiger partial charge < -0.3 is 15.8 Å². The Morgan fingerprint density at radius 2 is 1.85 bits per heavy atom. The van der Waals surface area contributed by atoms with Gasteiger partial charge in [0, 0.05) is 17.7 Å². The van der Waals surface area contributed by atoms with Crippen LogP contribution in [0.15, 0.2) is 47.4 Å². The fourth-order valence-corrected chi connectivity index (χ4v) is 3.49. The fraction of sp³-hybridized carbons (Fsp3) is 0.278. The number of nitrogens with one attached hydrogen (secondary N) is 2. The van der Waals surface area contributed by atoms with Crippen LogP contribution in [0, 0.1) is 0 Å². The van der Waals surface area contributed by atoms with E-state index in [-0.39, 0.29) is 10.9 Å². The number of hydrogen-bond donors (Lipinski definition) is 3. The molecule has 0 aliphatic heterocycles. The Balaban J connectivity index is 2.17. The van der Waals surface area contributed by atoms with E-state index in [1.54, 1.807) is 25.1 Å². The van der Waals surface area contributed by atoms with Crippen LogP contribution in [0.1, 0.15) is 30.6 Å². The number of carbonyl (C=O) groups excluding carboxylic acids is 1. The van der Waals surface area contributed by atoms with Crippen molar-refractivity contribution >= 4 is 27.3 Å². The molecular formula is C18H23N3O4S. The summed E-state index contributed by atoms with van der Waals surface area (Å²) in [6.45, 7) is 3.68. The van der Waals surface area contributed by atoms with E-state index in [1.807, 2.05) is 6.92 Å². The number of sulfonamides is 1. The van der Waals surface area contributed by atoms with Gasteiger partial charge in [0.15, 0.2) is 0 Å². The first-order valence-corrected chi connectivity index (χ1v) is 9.62. The Bertz CT molecular complexity index is 880. The number of amides is 1. The number of benzene rings is 2. The molecule has 0 aliphatic carbocycles. The summed E-state index contributed by atoms with van der Waals surface area (Å²) in [5.41, 5.74) is 6.99. The van der Waals surface area contributed by atoms with Crippen LogP contribution in [0.25, 0.3) is 0 Å². The molecule has 0 saturated heterocycles. The number of nitrogen functional groups attached to an aromatic ring is 1. The van der Waals surface area contributed by atoms with E-state index in [9.17, 15) is 13.2 Å². The van der Waals surface area contributed by atoms with Crippen molar-refractivity contribution in [1.82, 2.24) is 4.72 Å². The van der Waals surface area contributed by atoms with Crippen LogP contribution >= 0.6 is 0 Å². The first kappa shape index (κ1) is 19.7. The zero-order chi connectivity index (χ0) is 19.3. The van der Waals surface area contributed by atoms with Crippen LogP contribution in [0.3, 0.4) is 0 Å². The van der Waals surface area contributed by atoms with Crippen molar-refractivity contribution < 1.29 is 17.9 Å². The monoisotopic (exact) mass is 377 g/mol. The Morgan fingerprint density at radius 1 is 1.19 bits per heavy atom. The molecule has 26 heavy (non-hydrogen) atoms. The third-order valence-electron chi connectivity index (χ3n) is 3.90. The van der Waals surface area contributed by atoms with Gasteiger partial charge in [-0.25, -0.2) is 13.1 Å². The summed E-state index contributed by atoms with van der Waals surface area (Å²) in [6, 6.07) is 10.5. The highest BCUT2D eigenvalue weighted by molar-refractivity contribution is 7.89. The van der Waals surface area contributed by atoms with Crippen molar-refractivity contribution in [3.8, 4) is 5.75 Å². The van der Waals surface area contributed by atoms with Gasteiger partial charge in [0.05, 0.1) is 23.4 Å². The number of methoxy groups -OCH3 is 1. The molecule has 7 nitrogen and oxygen atoms in total. The molecule has 2 aromatic carbocycles. The highest BCUT2D eigenvalue weighted by atomic mass is 32.2. The number of anilines is 2. The van der Waals surface area contributed by atoms with Crippen LogP contribution in [0.2, 0.25) is 0 Å². The Labute approximate surface area is 153 Å². The standard InChI is InChI=1S/C18H23N3O4S/c1-4-12(2)21-26(23,24)15-8-5-13(6-9-15)18(22)20-17-11-14(25-3)7-10-16(17)19/h5-12,21H,4,19H2,1-3H3,(H,20,22). The maximum Gasteiger partial charge on any atom is 0.255 e. The summed E-state index contributed by atoms with van der Waals surface area (Å²) in [7, 11) is -2.09. The normalized spacial score (nSPS) is 12.4. The van der Waals surface area contributed by atoms with Crippen molar-refractivity contribution in [1.29, 1.82) is 0 Å². The minimum Gasteiger partial charge on any atom is -0.497 e. The molecule has 4 N–H and O–H groups in total. The SMILES string of the molecule is CCC(C)NS(=O)(=O)c1ccc(C(=O)Nc2cc(OC)ccc2N)cc1. The first-order valence-electron chi connectivity index (χ1n) is 8.14. The third kappa shape index (κ3) is 4.74. The summed E-state index contributed by atoms with van der Waals surface area (Å²) in [5, 5.41) is 2.69. The van der Waals surface area contributed by atoms with Gasteiger partial charge in [-0.2, -0.15) is 0 Å². The second-order valence-electron chi connectivity index (χ2n) is 5.86. The fourth-order valence-electron chi connectivity index (χ4n) is 2.17. The van der Waals surface area contributed by atoms with E-state index in [4.69, 9.17) is 10.5 Å². The van der Waals surface area contributed by atoms with E-state index in [1.165, 1.54) is 31.4 Å². The summed E-state index contributed by atoms with van der Waals surface area (Å²) >= 11 is 0. The Hall–Kier alpha value is -2.58. The maximum absolute atomic E-state index is 12.4. The zero-order valence-electron chi connectivity index (χ0n) is 14.9. The second kappa shape index (κ2) is 8.20. The van der Waals surface area contributed by atoms with Gasteiger partial charge in [0.1, 0.15) is 5.75 Å². The van der Waals surface area contributed by atoms with Gasteiger partial charge in [-0.3, -0.25) is 4.79 Å². The van der Waals surface area contributed by atoms with E-state index in [0.717, 1.165) is 0 Å². The predicted molar refractivity (Wildman–Crippen MR) is 102 cm³/mol. The van der Waals surface area contributed by atoms with Gasteiger partial charge in [0.25, 0.3) is 5.91 Å². The van der Waals surface area contributed by atoms with Crippen LogP contribution < -0.4 is 20.5 Å². The summed E-state index contributed by atoms with van der Waals surface area (Å²) < 4.78 is 32.2. The molecule has 0 fully saturated rings. The molecule has 0 bridgehead atoms. The lowest BCUT2D eigenvalue weighted by atomic mass is 10.2. The van der Waals surface area contributed by atoms with Crippen molar-refractivity contribution in [2.45, 2.75) is 31.2 Å². The quantitative estimate of drug-likeness (QED) is 0.642. The molecule has 140 valence electrons. The molecule has 8 heteroatoms. The molecule has 0 heterocycles. The second-order valence-corrected chi connectivity index (χ2v) is 7.58. The molecule has 0 radical (unpaired) electrons. The van der Waals surface area contributed by atoms with Crippen LogP contribution in [-0.2, 0) is 10.0 Å². The topological polar surface area (TPSA) is 111 Å². The van der Waals surface area contributed by atoms with Crippen molar-refractivity contribution in [3.05, 3.63) is 48.0 Å². The van der Waals surface area contributed by atoms with E-state index in [2.05, 4.69) is 10.0 Å². The zero-order valence-corrected chi connectivity index (χ0v) is 15.8. The average molecular weight is 377 g/mol. The smallest absolute Gasteiger partial charge is 0.255 e. The van der Waals surface area contributed by atoms with Crippen LogP contribution in [0.4, 0.5) is 11.4 Å². The Kier molecular flexibility index (Phi) is 6.23. The Morgan fingerprint density at radius 3 is 2.42 bits per heavy atom. The van der Waals surface area contributed by atoms with Gasteiger partial charge in [-0.15, -0.1) is 0 Å². The maximum atomic E-state index is 12.4. The molecule has 1 unspecified atom stereocenters. The summed E-state index contributed by atoms with van der Waals surface area (Å²) in [6.07, 6.45) is 0.682. The number of carbonyl (C=O) groups is 1. The molecule has 0 spiro atoms. The molecule has 1 amide bonds. The van der Waals surface area contributed by atoms with Gasteiger partial charge in [-0.05, 0) is 49.7 Å². The van der Waals surface area contributed by atoms with Crippen LogP contribution in [-0.4, -0.2) is 27.5 Å². The van der Waals surface area contributed by atoms with Gasteiger partial charge in [-0.1, -0.05) is 6.92 Å². The van der Waals surface area contributed by atoms with Crippen molar-refractivity contribution in [2.24, 2.45) is 0 Å². The van der Waals surface area contributed by atoms with Crippen molar-refractivity contribution in [2.75, 3.05) is 18.2 Å². The average Bonchev–Trinajstić information content (AvgIpc) is 2.63. The lowest BCUT2D eigenvalue weighted by Crippen LogP contribution is -2.32. The number of ether oxygens (including phenoxy) is 1. The third-order valence-corrected chi connectivity index (χ3v) is 5.51. The lowest BCUT2D eigenvalue weighted by molar-refractivity contribution is 0.102. The lowest BCUT2D eigenvalue weighted by Gasteiger charge is -2.13. The van der Waals surface area contributed by atoms with E-state index >= 15 is 0 Å². The highest BCUT2D eigenvalue weighted by Gasteiger charge is 2.17. The van der Waals surface area contributed by atoms with Gasteiger partial charge in [0.2, 0.25) is 10.0 Å². The number of hydrogen-bond acceptors (Lipinski definition) is 5. The number of rotatable bonds is 7. The molecule has 0 aliphatic rings. The summed E-state index contributed by atoms with van der Waals surface area (Å²) in [4.78, 5) is 12.5. The van der Waals surface area contributed by atoms with E-state index < -0.39 is 15.9 Å². The molecular weight excluding hydrogens is 354 g/mol. The minimum atomic E-state index is -3.61. The molecule has 2 aromatic rings.